The molecule has 2 saturated heterocycles. The van der Waals surface area contributed by atoms with Crippen LogP contribution in [0.25, 0.3) is 0 Å². The van der Waals surface area contributed by atoms with Gasteiger partial charge in [0.1, 0.15) is 5.75 Å². The van der Waals surface area contributed by atoms with Crippen molar-refractivity contribution in [2.75, 3.05) is 37.7 Å². The molecular weight excluding hydrogens is 370 g/mol. The van der Waals surface area contributed by atoms with Gasteiger partial charge in [0.2, 0.25) is 0 Å². The molecule has 1 unspecified atom stereocenters. The van der Waals surface area contributed by atoms with Crippen LogP contribution in [0.2, 0.25) is 0 Å². The zero-order chi connectivity index (χ0) is 20.1. The van der Waals surface area contributed by atoms with Crippen molar-refractivity contribution in [2.45, 2.75) is 24.9 Å². The number of benzene rings is 1. The highest BCUT2D eigenvalue weighted by Gasteiger charge is 2.48. The van der Waals surface area contributed by atoms with Gasteiger partial charge < -0.3 is 19.3 Å². The molecular formula is C22H25N3O4. The number of ether oxygens (including phenoxy) is 2. The fraction of sp³-hybridized carbons (Fsp3) is 0.409. The molecule has 1 atom stereocenters. The van der Waals surface area contributed by atoms with Crippen LogP contribution in [0, 0.1) is 0 Å². The van der Waals surface area contributed by atoms with Crippen molar-refractivity contribution in [1.82, 2.24) is 9.88 Å². The lowest BCUT2D eigenvalue weighted by molar-refractivity contribution is -0.165. The molecule has 2 aliphatic heterocycles. The summed E-state index contributed by atoms with van der Waals surface area (Å²) in [4.78, 5) is 33.7. The third-order valence-corrected chi connectivity index (χ3v) is 5.45. The highest BCUT2D eigenvalue weighted by atomic mass is 16.5. The summed E-state index contributed by atoms with van der Waals surface area (Å²) < 4.78 is 11.6. The average molecular weight is 395 g/mol. The fourth-order valence-corrected chi connectivity index (χ4v) is 3.94. The zero-order valence-corrected chi connectivity index (χ0v) is 16.3. The Hall–Kier alpha value is -2.93. The molecule has 152 valence electrons. The first kappa shape index (κ1) is 19.4. The summed E-state index contributed by atoms with van der Waals surface area (Å²) in [5.41, 5.74) is -0.125. The molecule has 0 bridgehead atoms. The standard InChI is InChI=1S/C22H25N3O4/c26-20(16-28-19-9-6-11-23-15-19)24-13-14-29-22(17-24)10-4-5-12-25(21(22)27)18-7-2-1-3-8-18/h1-3,6-9,11,15H,4-5,10,12-14,16-17H2. The number of nitrogens with zero attached hydrogens (tertiary/aromatic N) is 3. The molecule has 2 aromatic rings. The third-order valence-electron chi connectivity index (χ3n) is 5.45. The van der Waals surface area contributed by atoms with E-state index in [-0.39, 0.29) is 25.0 Å². The van der Waals surface area contributed by atoms with Gasteiger partial charge in [0.25, 0.3) is 11.8 Å². The van der Waals surface area contributed by atoms with Gasteiger partial charge in [-0.1, -0.05) is 18.2 Å². The molecule has 2 fully saturated rings. The SMILES string of the molecule is O=C(COc1cccnc1)N1CCOC2(CCCCN(c3ccccc3)C2=O)C1. The molecule has 0 saturated carbocycles. The van der Waals surface area contributed by atoms with E-state index in [2.05, 4.69) is 4.98 Å². The maximum absolute atomic E-state index is 13.5. The van der Waals surface area contributed by atoms with Crippen molar-refractivity contribution in [3.63, 3.8) is 0 Å². The van der Waals surface area contributed by atoms with Crippen LogP contribution in [0.4, 0.5) is 5.69 Å². The largest absolute Gasteiger partial charge is 0.482 e. The van der Waals surface area contributed by atoms with Crippen molar-refractivity contribution in [2.24, 2.45) is 0 Å². The molecule has 7 nitrogen and oxygen atoms in total. The van der Waals surface area contributed by atoms with Gasteiger partial charge in [0, 0.05) is 25.0 Å². The Balaban J connectivity index is 1.47. The van der Waals surface area contributed by atoms with Gasteiger partial charge in [-0.3, -0.25) is 14.6 Å². The Bertz CT molecular complexity index is 846. The Kier molecular flexibility index (Phi) is 5.76. The summed E-state index contributed by atoms with van der Waals surface area (Å²) in [5.74, 6) is 0.330. The summed E-state index contributed by atoms with van der Waals surface area (Å²) in [5, 5.41) is 0. The number of aromatic nitrogens is 1. The van der Waals surface area contributed by atoms with Gasteiger partial charge in [0.05, 0.1) is 19.3 Å². The first-order valence-electron chi connectivity index (χ1n) is 10.00. The van der Waals surface area contributed by atoms with Crippen molar-refractivity contribution in [3.8, 4) is 5.75 Å². The molecule has 7 heteroatoms. The van der Waals surface area contributed by atoms with E-state index in [1.165, 1.54) is 0 Å². The van der Waals surface area contributed by atoms with E-state index in [0.717, 1.165) is 18.5 Å². The first-order chi connectivity index (χ1) is 14.2. The summed E-state index contributed by atoms with van der Waals surface area (Å²) in [6.07, 6.45) is 5.62. The van der Waals surface area contributed by atoms with Crippen LogP contribution in [0.1, 0.15) is 19.3 Å². The molecule has 1 spiro atoms. The Morgan fingerprint density at radius 3 is 2.79 bits per heavy atom. The smallest absolute Gasteiger partial charge is 0.261 e. The molecule has 1 aromatic heterocycles. The Labute approximate surface area is 170 Å². The first-order valence-corrected chi connectivity index (χ1v) is 10.00. The molecule has 2 aliphatic rings. The number of para-hydroxylation sites is 1. The van der Waals surface area contributed by atoms with E-state index in [4.69, 9.17) is 9.47 Å². The molecule has 0 N–H and O–H groups in total. The molecule has 3 heterocycles. The molecule has 0 radical (unpaired) electrons. The van der Waals surface area contributed by atoms with Crippen LogP contribution in [0.3, 0.4) is 0 Å². The minimum atomic E-state index is -0.992. The van der Waals surface area contributed by atoms with E-state index in [9.17, 15) is 9.59 Å². The van der Waals surface area contributed by atoms with Crippen LogP contribution in [0.5, 0.6) is 5.75 Å². The number of hydrogen-bond acceptors (Lipinski definition) is 5. The Morgan fingerprint density at radius 1 is 1.14 bits per heavy atom. The van der Waals surface area contributed by atoms with Gasteiger partial charge in [-0.05, 0) is 43.5 Å². The predicted octanol–water partition coefficient (Wildman–Crippen LogP) is 2.28. The summed E-state index contributed by atoms with van der Waals surface area (Å²) in [6, 6.07) is 13.2. The second-order valence-corrected chi connectivity index (χ2v) is 7.38. The monoisotopic (exact) mass is 395 g/mol. The second kappa shape index (κ2) is 8.61. The van der Waals surface area contributed by atoms with E-state index >= 15 is 0 Å². The molecule has 4 rings (SSSR count). The van der Waals surface area contributed by atoms with Crippen molar-refractivity contribution in [1.29, 1.82) is 0 Å². The predicted molar refractivity (Wildman–Crippen MR) is 108 cm³/mol. The Morgan fingerprint density at radius 2 is 2.00 bits per heavy atom. The number of pyridine rings is 1. The normalized spacial score (nSPS) is 22.4. The topological polar surface area (TPSA) is 72.0 Å². The lowest BCUT2D eigenvalue weighted by Gasteiger charge is -2.42. The van der Waals surface area contributed by atoms with E-state index in [1.807, 2.05) is 30.3 Å². The summed E-state index contributed by atoms with van der Waals surface area (Å²) >= 11 is 0. The van der Waals surface area contributed by atoms with Gasteiger partial charge in [-0.25, -0.2) is 0 Å². The number of carbonyl (C=O) groups is 2. The number of amides is 2. The van der Waals surface area contributed by atoms with Crippen LogP contribution in [-0.4, -0.2) is 60.1 Å². The van der Waals surface area contributed by atoms with Gasteiger partial charge in [0.15, 0.2) is 12.2 Å². The van der Waals surface area contributed by atoms with Gasteiger partial charge in [-0.15, -0.1) is 0 Å². The molecule has 1 aromatic carbocycles. The maximum atomic E-state index is 13.5. The average Bonchev–Trinajstić information content (AvgIpc) is 2.93. The number of hydrogen-bond donors (Lipinski definition) is 0. The zero-order valence-electron chi connectivity index (χ0n) is 16.3. The number of morpholine rings is 1. The minimum Gasteiger partial charge on any atom is -0.482 e. The summed E-state index contributed by atoms with van der Waals surface area (Å²) in [6.45, 7) is 1.62. The summed E-state index contributed by atoms with van der Waals surface area (Å²) in [7, 11) is 0. The lowest BCUT2D eigenvalue weighted by atomic mass is 9.94. The van der Waals surface area contributed by atoms with E-state index in [0.29, 0.717) is 31.9 Å². The fourth-order valence-electron chi connectivity index (χ4n) is 3.94. The van der Waals surface area contributed by atoms with Crippen molar-refractivity contribution < 1.29 is 19.1 Å². The highest BCUT2D eigenvalue weighted by molar-refractivity contribution is 6.00. The van der Waals surface area contributed by atoms with Crippen LogP contribution in [0.15, 0.2) is 54.9 Å². The molecule has 29 heavy (non-hydrogen) atoms. The number of rotatable bonds is 4. The third kappa shape index (κ3) is 4.24. The minimum absolute atomic E-state index is 0.0631. The number of anilines is 1. The van der Waals surface area contributed by atoms with Gasteiger partial charge >= 0.3 is 0 Å². The molecule has 2 amide bonds. The van der Waals surface area contributed by atoms with Crippen LogP contribution >= 0.6 is 0 Å². The quantitative estimate of drug-likeness (QED) is 0.794. The van der Waals surface area contributed by atoms with E-state index < -0.39 is 5.60 Å². The van der Waals surface area contributed by atoms with E-state index in [1.54, 1.807) is 34.3 Å². The maximum Gasteiger partial charge on any atom is 0.261 e. The highest BCUT2D eigenvalue weighted by Crippen LogP contribution is 2.32. The van der Waals surface area contributed by atoms with Crippen LogP contribution in [-0.2, 0) is 14.3 Å². The molecule has 0 aliphatic carbocycles. The van der Waals surface area contributed by atoms with Crippen LogP contribution < -0.4 is 9.64 Å². The second-order valence-electron chi connectivity index (χ2n) is 7.38. The number of carbonyl (C=O) groups excluding carboxylic acids is 2. The van der Waals surface area contributed by atoms with Crippen molar-refractivity contribution in [3.05, 3.63) is 54.9 Å². The lowest BCUT2D eigenvalue weighted by Crippen LogP contribution is -2.61. The van der Waals surface area contributed by atoms with Crippen molar-refractivity contribution >= 4 is 17.5 Å². The van der Waals surface area contributed by atoms with Gasteiger partial charge in [-0.2, -0.15) is 0 Å².